The lowest BCUT2D eigenvalue weighted by molar-refractivity contribution is 0.168. The number of hydrogen-bond acceptors (Lipinski definition) is 4. The quantitative estimate of drug-likeness (QED) is 0.833. The Morgan fingerprint density at radius 3 is 2.58 bits per heavy atom. The summed E-state index contributed by atoms with van der Waals surface area (Å²) in [6, 6.07) is 4.81. The van der Waals surface area contributed by atoms with Crippen LogP contribution in [0.15, 0.2) is 11.4 Å². The van der Waals surface area contributed by atoms with Gasteiger partial charge in [-0.25, -0.2) is 0 Å². The van der Waals surface area contributed by atoms with Gasteiger partial charge < -0.3 is 5.73 Å². The van der Waals surface area contributed by atoms with Gasteiger partial charge in [0.2, 0.25) is 0 Å². The van der Waals surface area contributed by atoms with Crippen molar-refractivity contribution in [2.45, 2.75) is 46.2 Å². The molecular weight excluding hydrogens is 254 g/mol. The van der Waals surface area contributed by atoms with Crippen molar-refractivity contribution in [3.63, 3.8) is 0 Å². The summed E-state index contributed by atoms with van der Waals surface area (Å²) in [5.41, 5.74) is 7.66. The molecule has 0 aliphatic rings. The lowest BCUT2D eigenvalue weighted by atomic mass is 9.99. The summed E-state index contributed by atoms with van der Waals surface area (Å²) < 4.78 is 0. The molecular formula is C15H25N3S. The summed E-state index contributed by atoms with van der Waals surface area (Å²) in [5, 5.41) is 11.2. The molecule has 0 aliphatic heterocycles. The standard InChI is InChI=1S/C15H25N3S/c1-5-13(17)14(15-12(4)7-8-19-15)18(6-2)10-11(3)9-16/h7-8,11,13-14H,5-6,10,17H2,1-4H3. The van der Waals surface area contributed by atoms with Crippen LogP contribution in [-0.4, -0.2) is 24.0 Å². The van der Waals surface area contributed by atoms with Crippen LogP contribution in [0, 0.1) is 24.2 Å². The highest BCUT2D eigenvalue weighted by atomic mass is 32.1. The molecule has 0 aromatic carbocycles. The molecule has 0 aliphatic carbocycles. The Kier molecular flexibility index (Phi) is 6.50. The predicted octanol–water partition coefficient (Wildman–Crippen LogP) is 3.32. The van der Waals surface area contributed by atoms with E-state index in [1.165, 1.54) is 10.4 Å². The number of hydrogen-bond donors (Lipinski definition) is 1. The average molecular weight is 279 g/mol. The Morgan fingerprint density at radius 1 is 1.47 bits per heavy atom. The first kappa shape index (κ1) is 16.2. The van der Waals surface area contributed by atoms with Crippen LogP contribution < -0.4 is 5.73 Å². The van der Waals surface area contributed by atoms with Crippen molar-refractivity contribution in [2.75, 3.05) is 13.1 Å². The maximum atomic E-state index is 9.04. The van der Waals surface area contributed by atoms with Crippen molar-refractivity contribution in [1.82, 2.24) is 4.90 Å². The molecule has 0 fully saturated rings. The molecule has 1 heterocycles. The van der Waals surface area contributed by atoms with Gasteiger partial charge in [0.25, 0.3) is 0 Å². The lowest BCUT2D eigenvalue weighted by Gasteiger charge is -2.35. The van der Waals surface area contributed by atoms with Gasteiger partial charge in [-0.1, -0.05) is 13.8 Å². The molecule has 1 rings (SSSR count). The van der Waals surface area contributed by atoms with E-state index in [9.17, 15) is 0 Å². The van der Waals surface area contributed by atoms with Gasteiger partial charge in [-0.3, -0.25) is 4.90 Å². The van der Waals surface area contributed by atoms with Crippen LogP contribution >= 0.6 is 11.3 Å². The van der Waals surface area contributed by atoms with Crippen LogP contribution in [0.3, 0.4) is 0 Å². The fraction of sp³-hybridized carbons (Fsp3) is 0.667. The van der Waals surface area contributed by atoms with Gasteiger partial charge in [-0.05, 0) is 43.8 Å². The third-order valence-corrected chi connectivity index (χ3v) is 4.67. The highest BCUT2D eigenvalue weighted by Crippen LogP contribution is 2.32. The van der Waals surface area contributed by atoms with Crippen molar-refractivity contribution in [1.29, 1.82) is 5.26 Å². The molecule has 0 bridgehead atoms. The first-order chi connectivity index (χ1) is 9.04. The third kappa shape index (κ3) is 4.04. The van der Waals surface area contributed by atoms with E-state index >= 15 is 0 Å². The Labute approximate surface area is 121 Å². The minimum absolute atomic E-state index is 0.0341. The zero-order chi connectivity index (χ0) is 14.4. The number of rotatable bonds is 7. The van der Waals surface area contributed by atoms with Crippen molar-refractivity contribution in [3.05, 3.63) is 21.9 Å². The molecule has 0 saturated heterocycles. The van der Waals surface area contributed by atoms with Crippen LogP contribution in [0.4, 0.5) is 0 Å². The molecule has 0 amide bonds. The Hall–Kier alpha value is -0.890. The molecule has 0 radical (unpaired) electrons. The van der Waals surface area contributed by atoms with Crippen LogP contribution in [0.5, 0.6) is 0 Å². The molecule has 19 heavy (non-hydrogen) atoms. The molecule has 3 nitrogen and oxygen atoms in total. The summed E-state index contributed by atoms with van der Waals surface area (Å²) in [6.45, 7) is 10.1. The summed E-state index contributed by atoms with van der Waals surface area (Å²) in [7, 11) is 0. The van der Waals surface area contributed by atoms with Crippen molar-refractivity contribution >= 4 is 11.3 Å². The second kappa shape index (κ2) is 7.64. The summed E-state index contributed by atoms with van der Waals surface area (Å²) in [5.74, 6) is 0.0341. The van der Waals surface area contributed by atoms with Gasteiger partial charge in [-0.2, -0.15) is 5.26 Å². The minimum Gasteiger partial charge on any atom is -0.326 e. The van der Waals surface area contributed by atoms with Gasteiger partial charge in [0.1, 0.15) is 0 Å². The number of aryl methyl sites for hydroxylation is 1. The first-order valence-corrected chi connectivity index (χ1v) is 7.86. The Balaban J connectivity index is 3.02. The van der Waals surface area contributed by atoms with Gasteiger partial charge in [0.05, 0.1) is 18.0 Å². The summed E-state index contributed by atoms with van der Waals surface area (Å²) in [4.78, 5) is 3.70. The van der Waals surface area contributed by atoms with Crippen LogP contribution in [-0.2, 0) is 0 Å². The van der Waals surface area contributed by atoms with E-state index in [0.29, 0.717) is 0 Å². The van der Waals surface area contributed by atoms with E-state index in [1.54, 1.807) is 11.3 Å². The second-order valence-electron chi connectivity index (χ2n) is 5.10. The zero-order valence-electron chi connectivity index (χ0n) is 12.4. The maximum absolute atomic E-state index is 9.04. The molecule has 0 saturated carbocycles. The fourth-order valence-electron chi connectivity index (χ4n) is 2.37. The Bertz CT molecular complexity index is 421. The molecule has 1 aromatic rings. The van der Waals surface area contributed by atoms with E-state index in [4.69, 9.17) is 11.0 Å². The SMILES string of the molecule is CCC(N)C(c1sccc1C)N(CC)CC(C)C#N. The number of nitriles is 1. The van der Waals surface area contributed by atoms with Crippen LogP contribution in [0.1, 0.15) is 43.7 Å². The number of nitrogens with two attached hydrogens (primary N) is 1. The smallest absolute Gasteiger partial charge is 0.0666 e. The van der Waals surface area contributed by atoms with E-state index in [2.05, 4.69) is 43.2 Å². The van der Waals surface area contributed by atoms with Crippen molar-refractivity contribution in [3.8, 4) is 6.07 Å². The zero-order valence-corrected chi connectivity index (χ0v) is 13.2. The molecule has 4 heteroatoms. The first-order valence-electron chi connectivity index (χ1n) is 6.98. The normalized spacial score (nSPS) is 16.1. The number of thiophene rings is 1. The Morgan fingerprint density at radius 2 is 2.16 bits per heavy atom. The highest BCUT2D eigenvalue weighted by molar-refractivity contribution is 7.10. The molecule has 0 spiro atoms. The van der Waals surface area contributed by atoms with Gasteiger partial charge >= 0.3 is 0 Å². The van der Waals surface area contributed by atoms with E-state index in [0.717, 1.165) is 19.5 Å². The van der Waals surface area contributed by atoms with E-state index in [1.807, 2.05) is 6.92 Å². The number of likely N-dealkylation sites (N-methyl/N-ethyl adjacent to an activating group) is 1. The third-order valence-electron chi connectivity index (χ3n) is 3.58. The molecule has 3 unspecified atom stereocenters. The predicted molar refractivity (Wildman–Crippen MR) is 82.1 cm³/mol. The summed E-state index contributed by atoms with van der Waals surface area (Å²) >= 11 is 1.78. The minimum atomic E-state index is 0.0341. The monoisotopic (exact) mass is 279 g/mol. The molecule has 1 aromatic heterocycles. The number of nitrogens with zero attached hydrogens (tertiary/aromatic N) is 2. The van der Waals surface area contributed by atoms with Crippen molar-refractivity contribution in [2.24, 2.45) is 11.7 Å². The molecule has 106 valence electrons. The highest BCUT2D eigenvalue weighted by Gasteiger charge is 2.27. The largest absolute Gasteiger partial charge is 0.326 e. The topological polar surface area (TPSA) is 53.0 Å². The second-order valence-corrected chi connectivity index (χ2v) is 6.05. The maximum Gasteiger partial charge on any atom is 0.0666 e. The fourth-order valence-corrected chi connectivity index (χ4v) is 3.51. The van der Waals surface area contributed by atoms with Gasteiger partial charge in [-0.15, -0.1) is 11.3 Å². The molecule has 3 atom stereocenters. The van der Waals surface area contributed by atoms with Crippen LogP contribution in [0.2, 0.25) is 0 Å². The summed E-state index contributed by atoms with van der Waals surface area (Å²) in [6.07, 6.45) is 0.944. The van der Waals surface area contributed by atoms with Gasteiger partial charge in [0.15, 0.2) is 0 Å². The van der Waals surface area contributed by atoms with Crippen LogP contribution in [0.25, 0.3) is 0 Å². The van der Waals surface area contributed by atoms with E-state index in [-0.39, 0.29) is 18.0 Å². The van der Waals surface area contributed by atoms with Gasteiger partial charge in [0, 0.05) is 17.5 Å². The van der Waals surface area contributed by atoms with Crippen molar-refractivity contribution < 1.29 is 0 Å². The average Bonchev–Trinajstić information content (AvgIpc) is 2.83. The van der Waals surface area contributed by atoms with E-state index < -0.39 is 0 Å². The lowest BCUT2D eigenvalue weighted by Crippen LogP contribution is -2.42. The molecule has 2 N–H and O–H groups in total.